The van der Waals surface area contributed by atoms with Gasteiger partial charge in [0.2, 0.25) is 0 Å². The van der Waals surface area contributed by atoms with Gasteiger partial charge in [-0.1, -0.05) is 140 Å². The van der Waals surface area contributed by atoms with Crippen LogP contribution in [0, 0.1) is 0 Å². The molecule has 0 rings (SSSR count). The van der Waals surface area contributed by atoms with E-state index in [0.29, 0.717) is 26.2 Å². The molecular formula is C45H88N4O2. The Labute approximate surface area is 318 Å². The summed E-state index contributed by atoms with van der Waals surface area (Å²) in [6, 6.07) is 0. The molecule has 6 heteroatoms. The Morgan fingerprint density at radius 3 is 1.02 bits per heavy atom. The Balaban J connectivity index is 4.17. The molecule has 0 radical (unpaired) electrons. The Morgan fingerprint density at radius 2 is 0.686 bits per heavy atom. The second-order valence-corrected chi connectivity index (χ2v) is 14.9. The third-order valence-electron chi connectivity index (χ3n) is 9.78. The van der Waals surface area contributed by atoms with Crippen molar-refractivity contribution in [1.82, 2.24) is 9.80 Å². The lowest BCUT2D eigenvalue weighted by molar-refractivity contribution is 0.101. The van der Waals surface area contributed by atoms with E-state index in [1.807, 2.05) is 0 Å². The van der Waals surface area contributed by atoms with Gasteiger partial charge in [-0.05, 0) is 110 Å². The molecule has 0 aromatic heterocycles. The Bertz CT molecular complexity index is 735. The minimum Gasteiger partial charge on any atom is -0.390 e. The topological polar surface area (TPSA) is 99.0 Å². The smallest absolute Gasteiger partial charge is 0.0789 e. The molecule has 0 aliphatic carbocycles. The van der Waals surface area contributed by atoms with Crippen molar-refractivity contribution in [3.05, 3.63) is 48.6 Å². The Hall–Kier alpha value is -1.28. The summed E-state index contributed by atoms with van der Waals surface area (Å²) < 4.78 is 0. The number of unbranched alkanes of at least 4 members (excludes halogenated alkanes) is 18. The van der Waals surface area contributed by atoms with Crippen molar-refractivity contribution >= 4 is 0 Å². The number of hydrogen-bond acceptors (Lipinski definition) is 6. The molecule has 6 N–H and O–H groups in total. The van der Waals surface area contributed by atoms with Crippen molar-refractivity contribution in [3.8, 4) is 0 Å². The predicted octanol–water partition coefficient (Wildman–Crippen LogP) is 10.2. The second kappa shape index (κ2) is 41.5. The Morgan fingerprint density at radius 1 is 0.392 bits per heavy atom. The molecule has 0 saturated carbocycles. The lowest BCUT2D eigenvalue weighted by atomic mass is 10.1. The zero-order valence-corrected chi connectivity index (χ0v) is 34.1. The fourth-order valence-electron chi connectivity index (χ4n) is 6.50. The van der Waals surface area contributed by atoms with Gasteiger partial charge >= 0.3 is 0 Å². The van der Waals surface area contributed by atoms with Crippen molar-refractivity contribution < 1.29 is 10.2 Å². The SMILES string of the molecule is CCCCC/C=C\C/C=C/CCCCCCCCN(CCCN(CCCCCCCC/C=C/C/C=C/CCCCC)CC(O)CN)CC(O)CN. The summed E-state index contributed by atoms with van der Waals surface area (Å²) in [4.78, 5) is 4.80. The van der Waals surface area contributed by atoms with E-state index in [2.05, 4.69) is 72.3 Å². The van der Waals surface area contributed by atoms with Crippen LogP contribution in [0.2, 0.25) is 0 Å². The fraction of sp³-hybridized carbons (Fsp3) is 0.822. The largest absolute Gasteiger partial charge is 0.390 e. The molecule has 51 heavy (non-hydrogen) atoms. The summed E-state index contributed by atoms with van der Waals surface area (Å²) in [6.45, 7) is 10.4. The van der Waals surface area contributed by atoms with E-state index in [0.717, 1.165) is 45.4 Å². The van der Waals surface area contributed by atoms with E-state index >= 15 is 0 Å². The van der Waals surface area contributed by atoms with Crippen LogP contribution in [-0.4, -0.2) is 84.6 Å². The number of nitrogens with zero attached hydrogens (tertiary/aromatic N) is 2. The maximum Gasteiger partial charge on any atom is 0.0789 e. The summed E-state index contributed by atoms with van der Waals surface area (Å²) in [5.41, 5.74) is 11.5. The lowest BCUT2D eigenvalue weighted by Gasteiger charge is -2.28. The minimum atomic E-state index is -0.469. The maximum absolute atomic E-state index is 10.3. The highest BCUT2D eigenvalue weighted by molar-refractivity contribution is 4.93. The molecule has 0 aromatic carbocycles. The van der Waals surface area contributed by atoms with E-state index in [1.54, 1.807) is 0 Å². The molecular weight excluding hydrogens is 629 g/mol. The molecule has 0 fully saturated rings. The average Bonchev–Trinajstić information content (AvgIpc) is 3.13. The standard InChI is InChI=1S/C45H88N4O2/c1-3-5-7-9-11-13-15-17-19-21-23-25-27-29-31-33-36-48(42-44(50)40-46)38-35-39-49(43-45(51)41-47)37-34-32-30-28-26-24-22-20-18-16-14-12-10-8-6-4-2/h11-14,17-20,44-45,50-51H,3-10,15-16,21-43,46-47H2,1-2H3/b13-11-,14-12+,19-17+,20-18+. The monoisotopic (exact) mass is 717 g/mol. The zero-order chi connectivity index (χ0) is 37.3. The van der Waals surface area contributed by atoms with Crippen LogP contribution < -0.4 is 11.5 Å². The van der Waals surface area contributed by atoms with Crippen LogP contribution in [-0.2, 0) is 0 Å². The van der Waals surface area contributed by atoms with Crippen LogP contribution in [0.3, 0.4) is 0 Å². The van der Waals surface area contributed by atoms with E-state index in [-0.39, 0.29) is 0 Å². The van der Waals surface area contributed by atoms with Gasteiger partial charge in [0, 0.05) is 26.2 Å². The van der Waals surface area contributed by atoms with Crippen molar-refractivity contribution in [2.24, 2.45) is 11.5 Å². The molecule has 0 aliphatic heterocycles. The van der Waals surface area contributed by atoms with Crippen LogP contribution in [0.25, 0.3) is 0 Å². The highest BCUT2D eigenvalue weighted by atomic mass is 16.3. The summed E-state index contributed by atoms with van der Waals surface area (Å²) >= 11 is 0. The summed E-state index contributed by atoms with van der Waals surface area (Å²) in [7, 11) is 0. The number of hydrogen-bond donors (Lipinski definition) is 4. The predicted molar refractivity (Wildman–Crippen MR) is 226 cm³/mol. The summed E-state index contributed by atoms with van der Waals surface area (Å²) in [6.07, 6.45) is 48.9. The zero-order valence-electron chi connectivity index (χ0n) is 34.1. The molecule has 0 aliphatic rings. The van der Waals surface area contributed by atoms with Gasteiger partial charge in [-0.25, -0.2) is 0 Å². The molecule has 0 heterocycles. The molecule has 0 saturated heterocycles. The van der Waals surface area contributed by atoms with Crippen molar-refractivity contribution in [2.75, 3.05) is 52.4 Å². The number of aliphatic hydroxyl groups is 2. The number of rotatable bonds is 40. The van der Waals surface area contributed by atoms with Crippen molar-refractivity contribution in [3.63, 3.8) is 0 Å². The van der Waals surface area contributed by atoms with Crippen molar-refractivity contribution in [2.45, 2.75) is 187 Å². The third-order valence-corrected chi connectivity index (χ3v) is 9.78. The second-order valence-electron chi connectivity index (χ2n) is 14.9. The van der Waals surface area contributed by atoms with Crippen LogP contribution in [0.15, 0.2) is 48.6 Å². The highest BCUT2D eigenvalue weighted by Gasteiger charge is 2.14. The highest BCUT2D eigenvalue weighted by Crippen LogP contribution is 2.12. The number of allylic oxidation sites excluding steroid dienone is 8. The van der Waals surface area contributed by atoms with Crippen LogP contribution >= 0.6 is 0 Å². The van der Waals surface area contributed by atoms with Gasteiger partial charge in [0.05, 0.1) is 12.2 Å². The Kier molecular flexibility index (Phi) is 40.4. The first-order valence-electron chi connectivity index (χ1n) is 21.9. The van der Waals surface area contributed by atoms with Gasteiger partial charge in [0.25, 0.3) is 0 Å². The van der Waals surface area contributed by atoms with Gasteiger partial charge in [-0.3, -0.25) is 0 Å². The maximum atomic E-state index is 10.3. The van der Waals surface area contributed by atoms with Crippen LogP contribution in [0.5, 0.6) is 0 Å². The van der Waals surface area contributed by atoms with Gasteiger partial charge in [-0.2, -0.15) is 0 Å². The molecule has 6 nitrogen and oxygen atoms in total. The van der Waals surface area contributed by atoms with Crippen LogP contribution in [0.1, 0.15) is 174 Å². The van der Waals surface area contributed by atoms with E-state index in [9.17, 15) is 10.2 Å². The quantitative estimate of drug-likeness (QED) is 0.0372. The third kappa shape index (κ3) is 38.3. The molecule has 0 aromatic rings. The normalized spacial score (nSPS) is 13.8. The minimum absolute atomic E-state index is 0.308. The average molecular weight is 717 g/mol. The van der Waals surface area contributed by atoms with Crippen LogP contribution in [0.4, 0.5) is 0 Å². The molecule has 300 valence electrons. The van der Waals surface area contributed by atoms with Crippen molar-refractivity contribution in [1.29, 1.82) is 0 Å². The van der Waals surface area contributed by atoms with Gasteiger partial charge < -0.3 is 31.5 Å². The first-order chi connectivity index (χ1) is 25.1. The van der Waals surface area contributed by atoms with E-state index in [1.165, 1.54) is 141 Å². The molecule has 2 unspecified atom stereocenters. The van der Waals surface area contributed by atoms with E-state index < -0.39 is 12.2 Å². The summed E-state index contributed by atoms with van der Waals surface area (Å²) in [5, 5.41) is 20.6. The van der Waals surface area contributed by atoms with E-state index in [4.69, 9.17) is 11.5 Å². The molecule has 0 spiro atoms. The number of nitrogens with two attached hydrogens (primary N) is 2. The van der Waals surface area contributed by atoms with Gasteiger partial charge in [-0.15, -0.1) is 0 Å². The number of aliphatic hydroxyl groups excluding tert-OH is 2. The molecule has 0 amide bonds. The fourth-order valence-corrected chi connectivity index (χ4v) is 6.50. The lowest BCUT2D eigenvalue weighted by Crippen LogP contribution is -2.40. The molecule has 0 bridgehead atoms. The summed E-state index contributed by atoms with van der Waals surface area (Å²) in [5.74, 6) is 0. The van der Waals surface area contributed by atoms with Gasteiger partial charge in [0.1, 0.15) is 0 Å². The molecule has 2 atom stereocenters. The first-order valence-corrected chi connectivity index (χ1v) is 21.9. The van der Waals surface area contributed by atoms with Gasteiger partial charge in [0.15, 0.2) is 0 Å². The first kappa shape index (κ1) is 49.7.